The fourth-order valence-electron chi connectivity index (χ4n) is 3.35. The molecule has 0 atom stereocenters. The van der Waals surface area contributed by atoms with Gasteiger partial charge >= 0.3 is 0 Å². The van der Waals surface area contributed by atoms with Crippen molar-refractivity contribution in [3.05, 3.63) is 47.5 Å². The van der Waals surface area contributed by atoms with Gasteiger partial charge in [0.1, 0.15) is 11.4 Å². The molecule has 0 spiro atoms. The maximum atomic E-state index is 12.9. The van der Waals surface area contributed by atoms with Gasteiger partial charge in [-0.15, -0.1) is 0 Å². The molecule has 2 N–H and O–H groups in total. The zero-order valence-electron chi connectivity index (χ0n) is 15.7. The molecule has 27 heavy (non-hydrogen) atoms. The minimum Gasteiger partial charge on any atom is -0.496 e. The maximum Gasteiger partial charge on any atom is 0.272 e. The summed E-state index contributed by atoms with van der Waals surface area (Å²) in [5.74, 6) is 0.172. The zero-order valence-corrected chi connectivity index (χ0v) is 15.7. The number of imidazole rings is 1. The Balaban J connectivity index is 1.68. The number of methoxy groups -OCH3 is 1. The van der Waals surface area contributed by atoms with E-state index in [9.17, 15) is 9.59 Å². The van der Waals surface area contributed by atoms with Crippen molar-refractivity contribution < 1.29 is 14.3 Å². The average molecular weight is 370 g/mol. The molecule has 1 aromatic carbocycles. The van der Waals surface area contributed by atoms with E-state index >= 15 is 0 Å². The number of nitrogens with one attached hydrogen (secondary N) is 2. The Bertz CT molecular complexity index is 779. The molecule has 1 aromatic heterocycles. The Hall–Kier alpha value is -2.83. The van der Waals surface area contributed by atoms with Gasteiger partial charge in [0.25, 0.3) is 11.8 Å². The lowest BCUT2D eigenvalue weighted by atomic mass is 10.1. The number of para-hydroxylation sites is 1. The van der Waals surface area contributed by atoms with Gasteiger partial charge in [-0.1, -0.05) is 37.5 Å². The van der Waals surface area contributed by atoms with E-state index in [0.717, 1.165) is 44.3 Å². The number of aromatic amines is 1. The van der Waals surface area contributed by atoms with E-state index in [4.69, 9.17) is 4.74 Å². The van der Waals surface area contributed by atoms with Crippen LogP contribution in [0.2, 0.25) is 0 Å². The smallest absolute Gasteiger partial charge is 0.272 e. The van der Waals surface area contributed by atoms with Crippen LogP contribution < -0.4 is 10.1 Å². The number of benzene rings is 1. The molecule has 7 nitrogen and oxygen atoms in total. The molecular formula is C20H26N4O3. The second-order valence-electron chi connectivity index (χ2n) is 6.68. The topological polar surface area (TPSA) is 87.3 Å². The van der Waals surface area contributed by atoms with E-state index in [0.29, 0.717) is 12.3 Å². The highest BCUT2D eigenvalue weighted by Crippen LogP contribution is 2.18. The Morgan fingerprint density at radius 3 is 2.59 bits per heavy atom. The van der Waals surface area contributed by atoms with Crippen LogP contribution in [-0.2, 0) is 6.54 Å². The SMILES string of the molecule is COc1ccccc1CNC(=O)c1nc[nH]c1C(=O)N1CCCCCCC1. The quantitative estimate of drug-likeness (QED) is 0.847. The van der Waals surface area contributed by atoms with E-state index in [1.165, 1.54) is 12.7 Å². The molecule has 1 aliphatic heterocycles. The number of nitrogens with zero attached hydrogens (tertiary/aromatic N) is 2. The van der Waals surface area contributed by atoms with Crippen LogP contribution in [-0.4, -0.2) is 46.9 Å². The van der Waals surface area contributed by atoms with Crippen molar-refractivity contribution in [1.29, 1.82) is 0 Å². The summed E-state index contributed by atoms with van der Waals surface area (Å²) in [6, 6.07) is 7.48. The summed E-state index contributed by atoms with van der Waals surface area (Å²) in [5.41, 5.74) is 1.26. The van der Waals surface area contributed by atoms with Gasteiger partial charge in [-0.25, -0.2) is 4.98 Å². The van der Waals surface area contributed by atoms with E-state index in [-0.39, 0.29) is 23.2 Å². The standard InChI is InChI=1S/C20H26N4O3/c1-27-16-10-6-5-9-15(16)13-21-19(25)17-18(23-14-22-17)20(26)24-11-7-3-2-4-8-12-24/h5-6,9-10,14H,2-4,7-8,11-13H2,1H3,(H,21,25)(H,22,23). The normalized spacial score (nSPS) is 14.9. The van der Waals surface area contributed by atoms with Crippen molar-refractivity contribution >= 4 is 11.8 Å². The van der Waals surface area contributed by atoms with Crippen molar-refractivity contribution in [3.63, 3.8) is 0 Å². The van der Waals surface area contributed by atoms with Gasteiger partial charge < -0.3 is 19.9 Å². The number of H-pyrrole nitrogens is 1. The van der Waals surface area contributed by atoms with Crippen LogP contribution in [0.4, 0.5) is 0 Å². The first-order chi connectivity index (χ1) is 13.2. The number of aromatic nitrogens is 2. The second kappa shape index (κ2) is 9.21. The van der Waals surface area contributed by atoms with Gasteiger partial charge in [-0.05, 0) is 18.9 Å². The Morgan fingerprint density at radius 1 is 1.15 bits per heavy atom. The predicted molar refractivity (Wildman–Crippen MR) is 102 cm³/mol. The molecule has 7 heteroatoms. The summed E-state index contributed by atoms with van der Waals surface area (Å²) in [6.07, 6.45) is 6.89. The number of likely N-dealkylation sites (tertiary alicyclic amines) is 1. The van der Waals surface area contributed by atoms with E-state index < -0.39 is 0 Å². The van der Waals surface area contributed by atoms with Gasteiger partial charge in [0.2, 0.25) is 0 Å². The van der Waals surface area contributed by atoms with E-state index in [1.54, 1.807) is 7.11 Å². The van der Waals surface area contributed by atoms with Crippen LogP contribution in [0.15, 0.2) is 30.6 Å². The summed E-state index contributed by atoms with van der Waals surface area (Å²) in [6.45, 7) is 1.74. The lowest BCUT2D eigenvalue weighted by Gasteiger charge is -2.24. The van der Waals surface area contributed by atoms with Gasteiger partial charge in [-0.3, -0.25) is 9.59 Å². The summed E-state index contributed by atoms with van der Waals surface area (Å²) in [4.78, 5) is 34.2. The Kier molecular flexibility index (Phi) is 6.46. The first-order valence-corrected chi connectivity index (χ1v) is 9.43. The molecule has 144 valence electrons. The molecule has 1 fully saturated rings. The van der Waals surface area contributed by atoms with Crippen LogP contribution in [0.25, 0.3) is 0 Å². The number of amides is 2. The molecule has 2 aromatic rings. The van der Waals surface area contributed by atoms with Gasteiger partial charge in [0.15, 0.2) is 5.69 Å². The first kappa shape index (κ1) is 18.9. The van der Waals surface area contributed by atoms with Crippen molar-refractivity contribution in [2.24, 2.45) is 0 Å². The molecule has 0 unspecified atom stereocenters. The molecule has 0 radical (unpaired) electrons. The van der Waals surface area contributed by atoms with E-state index in [2.05, 4.69) is 15.3 Å². The number of carbonyl (C=O) groups excluding carboxylic acids is 2. The lowest BCUT2D eigenvalue weighted by Crippen LogP contribution is -2.35. The minimum atomic E-state index is -0.377. The summed E-state index contributed by atoms with van der Waals surface area (Å²) >= 11 is 0. The second-order valence-corrected chi connectivity index (χ2v) is 6.68. The predicted octanol–water partition coefficient (Wildman–Crippen LogP) is 2.75. The molecule has 0 aliphatic carbocycles. The van der Waals surface area contributed by atoms with Crippen LogP contribution in [0.3, 0.4) is 0 Å². The fraction of sp³-hybridized carbons (Fsp3) is 0.450. The largest absolute Gasteiger partial charge is 0.496 e. The first-order valence-electron chi connectivity index (χ1n) is 9.43. The maximum absolute atomic E-state index is 12.9. The molecule has 2 amide bonds. The van der Waals surface area contributed by atoms with Crippen LogP contribution in [0.5, 0.6) is 5.75 Å². The highest BCUT2D eigenvalue weighted by molar-refractivity contribution is 6.04. The molecular weight excluding hydrogens is 344 g/mol. The number of carbonyl (C=O) groups is 2. The van der Waals surface area contributed by atoms with Crippen LogP contribution in [0.1, 0.15) is 58.6 Å². The monoisotopic (exact) mass is 370 g/mol. The number of ether oxygens (including phenoxy) is 1. The number of rotatable bonds is 5. The molecule has 1 saturated heterocycles. The lowest BCUT2D eigenvalue weighted by molar-refractivity contribution is 0.0730. The van der Waals surface area contributed by atoms with Crippen molar-refractivity contribution in [2.75, 3.05) is 20.2 Å². The van der Waals surface area contributed by atoms with Crippen molar-refractivity contribution in [2.45, 2.75) is 38.6 Å². The zero-order chi connectivity index (χ0) is 19.1. The summed E-state index contributed by atoms with van der Waals surface area (Å²) in [7, 11) is 1.59. The molecule has 2 heterocycles. The van der Waals surface area contributed by atoms with E-state index in [1.807, 2.05) is 29.2 Å². The molecule has 0 saturated carbocycles. The third-order valence-electron chi connectivity index (χ3n) is 4.84. The number of hydrogen-bond acceptors (Lipinski definition) is 4. The highest BCUT2D eigenvalue weighted by Gasteiger charge is 2.25. The van der Waals surface area contributed by atoms with Crippen molar-refractivity contribution in [1.82, 2.24) is 20.2 Å². The summed E-state index contributed by atoms with van der Waals surface area (Å²) < 4.78 is 5.30. The molecule has 0 bridgehead atoms. The van der Waals surface area contributed by atoms with Gasteiger partial charge in [0.05, 0.1) is 13.4 Å². The molecule has 3 rings (SSSR count). The third-order valence-corrected chi connectivity index (χ3v) is 4.84. The minimum absolute atomic E-state index is 0.136. The Morgan fingerprint density at radius 2 is 1.85 bits per heavy atom. The number of hydrogen-bond donors (Lipinski definition) is 2. The van der Waals surface area contributed by atoms with Gasteiger partial charge in [0, 0.05) is 25.2 Å². The van der Waals surface area contributed by atoms with Crippen molar-refractivity contribution in [3.8, 4) is 5.75 Å². The summed E-state index contributed by atoms with van der Waals surface area (Å²) in [5, 5.41) is 2.82. The molecule has 1 aliphatic rings. The van der Waals surface area contributed by atoms with Gasteiger partial charge in [-0.2, -0.15) is 0 Å². The van der Waals surface area contributed by atoms with Crippen LogP contribution >= 0.6 is 0 Å². The average Bonchev–Trinajstić information content (AvgIpc) is 3.15. The third kappa shape index (κ3) is 4.67. The fourth-order valence-corrected chi connectivity index (χ4v) is 3.35. The van der Waals surface area contributed by atoms with Crippen LogP contribution in [0, 0.1) is 0 Å². The highest BCUT2D eigenvalue weighted by atomic mass is 16.5. The Labute approximate surface area is 159 Å².